The van der Waals surface area contributed by atoms with E-state index < -0.39 is 0 Å². The van der Waals surface area contributed by atoms with E-state index >= 15 is 0 Å². The van der Waals surface area contributed by atoms with Crippen LogP contribution in [0.2, 0.25) is 0 Å². The van der Waals surface area contributed by atoms with Gasteiger partial charge in [-0.15, -0.1) is 0 Å². The number of hydrogen-bond acceptors (Lipinski definition) is 3. The monoisotopic (exact) mass is 266 g/mol. The molecule has 2 heterocycles. The lowest BCUT2D eigenvalue weighted by molar-refractivity contribution is 0.414. The normalized spacial score (nSPS) is 12.6. The third-order valence-corrected chi connectivity index (χ3v) is 3.28. The highest BCUT2D eigenvalue weighted by Gasteiger charge is 2.15. The molecule has 0 unspecified atom stereocenters. The van der Waals surface area contributed by atoms with Gasteiger partial charge >= 0.3 is 0 Å². The zero-order valence-corrected chi connectivity index (χ0v) is 11.3. The van der Waals surface area contributed by atoms with Gasteiger partial charge in [0.25, 0.3) is 0 Å². The molecule has 0 saturated heterocycles. The summed E-state index contributed by atoms with van der Waals surface area (Å²) in [4.78, 5) is 4.10. The molecule has 20 heavy (non-hydrogen) atoms. The van der Waals surface area contributed by atoms with Crippen molar-refractivity contribution in [3.05, 3.63) is 60.1 Å². The standard InChI is InChI=1S/C16H16N3O/c1-20-14-4-5-16-15(7-14)13(11-19-16)10-18-9-12-3-2-6-17-8-12/h2-8,11,18H,9-10H2,1H3. The van der Waals surface area contributed by atoms with E-state index in [1.807, 2.05) is 36.7 Å². The first-order valence-electron chi connectivity index (χ1n) is 6.55. The van der Waals surface area contributed by atoms with Crippen molar-refractivity contribution in [3.8, 4) is 5.75 Å². The van der Waals surface area contributed by atoms with Gasteiger partial charge in [-0.05, 0) is 35.4 Å². The molecule has 2 aromatic rings. The Morgan fingerprint density at radius 1 is 1.20 bits per heavy atom. The molecule has 0 saturated carbocycles. The second kappa shape index (κ2) is 5.75. The molecule has 1 aliphatic rings. The van der Waals surface area contributed by atoms with Gasteiger partial charge in [0.05, 0.1) is 12.8 Å². The lowest BCUT2D eigenvalue weighted by Crippen LogP contribution is -2.15. The largest absolute Gasteiger partial charge is 0.497 e. The highest BCUT2D eigenvalue weighted by molar-refractivity contribution is 5.81. The zero-order valence-electron chi connectivity index (χ0n) is 11.3. The van der Waals surface area contributed by atoms with Gasteiger partial charge < -0.3 is 10.1 Å². The van der Waals surface area contributed by atoms with Crippen molar-refractivity contribution in [1.82, 2.24) is 15.6 Å². The molecule has 0 atom stereocenters. The van der Waals surface area contributed by atoms with Gasteiger partial charge in [0.2, 0.25) is 0 Å². The van der Waals surface area contributed by atoms with Crippen LogP contribution in [0.5, 0.6) is 5.75 Å². The summed E-state index contributed by atoms with van der Waals surface area (Å²) in [7, 11) is 1.68. The van der Waals surface area contributed by atoms with Crippen LogP contribution in [0.3, 0.4) is 0 Å². The van der Waals surface area contributed by atoms with Crippen molar-refractivity contribution in [2.75, 3.05) is 13.7 Å². The van der Waals surface area contributed by atoms with Crippen LogP contribution in [-0.2, 0) is 6.54 Å². The van der Waals surface area contributed by atoms with Crippen molar-refractivity contribution in [2.45, 2.75) is 6.54 Å². The molecule has 4 nitrogen and oxygen atoms in total. The summed E-state index contributed by atoms with van der Waals surface area (Å²) in [5, 5.41) is 7.82. The van der Waals surface area contributed by atoms with Crippen LogP contribution in [-0.4, -0.2) is 18.6 Å². The van der Waals surface area contributed by atoms with Gasteiger partial charge in [-0.2, -0.15) is 0 Å². The number of nitrogens with one attached hydrogen (secondary N) is 1. The van der Waals surface area contributed by atoms with E-state index in [0.29, 0.717) is 0 Å². The molecule has 3 rings (SSSR count). The number of aromatic nitrogens is 1. The predicted molar refractivity (Wildman–Crippen MR) is 78.7 cm³/mol. The minimum Gasteiger partial charge on any atom is -0.497 e. The van der Waals surface area contributed by atoms with E-state index in [2.05, 4.69) is 21.7 Å². The third kappa shape index (κ3) is 2.65. The van der Waals surface area contributed by atoms with Crippen molar-refractivity contribution >= 4 is 11.3 Å². The fraction of sp³-hybridized carbons (Fsp3) is 0.188. The molecule has 1 radical (unpaired) electrons. The molecule has 4 heteroatoms. The number of benzene rings is 1. The minimum atomic E-state index is 0.776. The Labute approximate surface area is 118 Å². The number of pyridine rings is 1. The molecule has 0 spiro atoms. The predicted octanol–water partition coefficient (Wildman–Crippen LogP) is 2.47. The molecule has 1 aliphatic heterocycles. The number of hydrogen-bond donors (Lipinski definition) is 1. The van der Waals surface area contributed by atoms with Crippen LogP contribution in [0.15, 0.2) is 48.9 Å². The van der Waals surface area contributed by atoms with E-state index in [1.165, 1.54) is 11.1 Å². The smallest absolute Gasteiger partial charge is 0.119 e. The van der Waals surface area contributed by atoms with E-state index in [9.17, 15) is 0 Å². The Balaban J connectivity index is 1.63. The minimum absolute atomic E-state index is 0.776. The Morgan fingerprint density at radius 2 is 2.15 bits per heavy atom. The highest BCUT2D eigenvalue weighted by atomic mass is 16.5. The Bertz CT molecular complexity index is 623. The molecule has 0 aliphatic carbocycles. The lowest BCUT2D eigenvalue weighted by Gasteiger charge is -2.08. The van der Waals surface area contributed by atoms with Gasteiger partial charge in [0.15, 0.2) is 0 Å². The third-order valence-electron chi connectivity index (χ3n) is 3.28. The van der Waals surface area contributed by atoms with Crippen molar-refractivity contribution in [2.24, 2.45) is 0 Å². The van der Waals surface area contributed by atoms with Gasteiger partial charge in [-0.25, -0.2) is 0 Å². The first kappa shape index (κ1) is 12.7. The average Bonchev–Trinajstić information content (AvgIpc) is 2.91. The molecule has 1 aromatic heterocycles. The Hall–Kier alpha value is -2.33. The van der Waals surface area contributed by atoms with E-state index in [1.54, 1.807) is 13.3 Å². The molecule has 1 aromatic carbocycles. The maximum absolute atomic E-state index is 5.26. The summed E-state index contributed by atoms with van der Waals surface area (Å²) in [6.45, 7) is 1.57. The molecular weight excluding hydrogens is 250 g/mol. The van der Waals surface area contributed by atoms with Gasteiger partial charge in [0, 0.05) is 37.2 Å². The second-order valence-corrected chi connectivity index (χ2v) is 4.63. The van der Waals surface area contributed by atoms with Crippen molar-refractivity contribution < 1.29 is 4.74 Å². The summed E-state index contributed by atoms with van der Waals surface area (Å²) >= 11 is 0. The lowest BCUT2D eigenvalue weighted by atomic mass is 10.1. The number of fused-ring (bicyclic) bond motifs is 1. The summed E-state index contributed by atoms with van der Waals surface area (Å²) in [5.41, 5.74) is 4.50. The van der Waals surface area contributed by atoms with Gasteiger partial charge in [-0.3, -0.25) is 10.3 Å². The van der Waals surface area contributed by atoms with Crippen LogP contribution < -0.4 is 15.4 Å². The van der Waals surface area contributed by atoms with Crippen LogP contribution in [0.1, 0.15) is 11.1 Å². The molecule has 0 amide bonds. The van der Waals surface area contributed by atoms with Crippen LogP contribution >= 0.6 is 0 Å². The molecule has 0 fully saturated rings. The van der Waals surface area contributed by atoms with E-state index in [4.69, 9.17) is 4.74 Å². The van der Waals surface area contributed by atoms with Crippen LogP contribution in [0.25, 0.3) is 5.57 Å². The fourth-order valence-corrected chi connectivity index (χ4v) is 2.21. The van der Waals surface area contributed by atoms with E-state index in [-0.39, 0.29) is 0 Å². The Morgan fingerprint density at radius 3 is 2.95 bits per heavy atom. The highest BCUT2D eigenvalue weighted by Crippen LogP contribution is 2.32. The SMILES string of the molecule is COc1ccc2c(c1)C(CNCc1cccnc1)=C[N]2. The number of ether oxygens (including phenoxy) is 1. The maximum atomic E-state index is 5.26. The Kier molecular flexibility index (Phi) is 3.65. The molecule has 1 N–H and O–H groups in total. The van der Waals surface area contributed by atoms with Crippen LogP contribution in [0, 0.1) is 0 Å². The topological polar surface area (TPSA) is 48.2 Å². The summed E-state index contributed by atoms with van der Waals surface area (Å²) in [6.07, 6.45) is 5.57. The summed E-state index contributed by atoms with van der Waals surface area (Å²) in [5.74, 6) is 0.860. The van der Waals surface area contributed by atoms with Gasteiger partial charge in [-0.1, -0.05) is 6.07 Å². The van der Waals surface area contributed by atoms with Gasteiger partial charge in [0.1, 0.15) is 5.75 Å². The molecule has 0 bridgehead atoms. The van der Waals surface area contributed by atoms with Crippen molar-refractivity contribution in [1.29, 1.82) is 0 Å². The molecular formula is C16H16N3O. The van der Waals surface area contributed by atoms with E-state index in [0.717, 1.165) is 30.1 Å². The first-order chi connectivity index (χ1) is 9.86. The van der Waals surface area contributed by atoms with Crippen molar-refractivity contribution in [3.63, 3.8) is 0 Å². The average molecular weight is 266 g/mol. The number of nitrogens with zero attached hydrogens (tertiary/aromatic N) is 2. The maximum Gasteiger partial charge on any atom is 0.119 e. The fourth-order valence-electron chi connectivity index (χ4n) is 2.21. The summed E-state index contributed by atoms with van der Waals surface area (Å²) in [6, 6.07) is 9.95. The summed E-state index contributed by atoms with van der Waals surface area (Å²) < 4.78 is 5.26. The first-order valence-corrected chi connectivity index (χ1v) is 6.55. The molecule has 101 valence electrons. The quantitative estimate of drug-likeness (QED) is 0.904. The second-order valence-electron chi connectivity index (χ2n) is 4.63. The number of rotatable bonds is 5. The van der Waals surface area contributed by atoms with Crippen LogP contribution in [0.4, 0.5) is 5.69 Å². The zero-order chi connectivity index (χ0) is 13.8. The number of methoxy groups -OCH3 is 1.